The van der Waals surface area contributed by atoms with Crippen LogP contribution in [0.4, 0.5) is 5.69 Å². The maximum atomic E-state index is 12.6. The van der Waals surface area contributed by atoms with E-state index in [-0.39, 0.29) is 12.3 Å². The lowest BCUT2D eigenvalue weighted by molar-refractivity contribution is -0.151. The number of pyridine rings is 1. The zero-order valence-electron chi connectivity index (χ0n) is 26.7. The number of hydrogen-bond donors (Lipinski definition) is 2. The van der Waals surface area contributed by atoms with E-state index in [1.165, 1.54) is 5.56 Å². The first-order valence-corrected chi connectivity index (χ1v) is 15.9. The summed E-state index contributed by atoms with van der Waals surface area (Å²) in [7, 11) is 0. The van der Waals surface area contributed by atoms with Crippen LogP contribution >= 0.6 is 0 Å². The van der Waals surface area contributed by atoms with Crippen molar-refractivity contribution in [2.45, 2.75) is 79.1 Å². The van der Waals surface area contributed by atoms with Crippen LogP contribution < -0.4 is 14.8 Å². The van der Waals surface area contributed by atoms with Crippen LogP contribution in [0.2, 0.25) is 0 Å². The maximum absolute atomic E-state index is 12.6. The molecule has 0 atom stereocenters. The number of rotatable bonds is 19. The van der Waals surface area contributed by atoms with Gasteiger partial charge in [-0.2, -0.15) is 0 Å². The fourth-order valence-electron chi connectivity index (χ4n) is 4.85. The molecule has 0 saturated heterocycles. The van der Waals surface area contributed by atoms with E-state index < -0.39 is 11.4 Å². The number of amides is 1. The standard InChI is InChI=1S/C37H48N2O5/c1-5-37(6-2,36(41)42)27-34(40)38-32-15-10-13-30(26-32)17-20-31-14-11-16-35(39-31)44-24-9-7-8-12-29-18-21-33(22-19-29)43-25-23-28(3)4/h10-11,13-22,26,28H,5-9,12,23-25,27H2,1-4H3,(H,38,40)(H,41,42)/b20-17+. The second-order valence-corrected chi connectivity index (χ2v) is 11.7. The van der Waals surface area contributed by atoms with E-state index in [0.29, 0.717) is 36.9 Å². The number of carboxylic acid groups (broad SMARTS) is 1. The number of unbranched alkanes of at least 4 members (excludes halogenated alkanes) is 2. The van der Waals surface area contributed by atoms with Crippen molar-refractivity contribution in [3.8, 4) is 11.6 Å². The molecule has 0 aliphatic rings. The molecule has 1 amide bonds. The molecule has 7 nitrogen and oxygen atoms in total. The molecule has 0 bridgehead atoms. The number of carbonyl (C=O) groups excluding carboxylic acids is 1. The number of nitrogens with zero attached hydrogens (tertiary/aromatic N) is 1. The van der Waals surface area contributed by atoms with E-state index in [0.717, 1.165) is 55.7 Å². The predicted octanol–water partition coefficient (Wildman–Crippen LogP) is 8.69. The third-order valence-corrected chi connectivity index (χ3v) is 7.92. The van der Waals surface area contributed by atoms with Gasteiger partial charge in [0.2, 0.25) is 11.8 Å². The normalized spacial score (nSPS) is 11.6. The molecule has 0 aliphatic heterocycles. The highest BCUT2D eigenvalue weighted by Gasteiger charge is 2.37. The van der Waals surface area contributed by atoms with E-state index >= 15 is 0 Å². The van der Waals surface area contributed by atoms with Crippen molar-refractivity contribution >= 4 is 29.7 Å². The third-order valence-electron chi connectivity index (χ3n) is 7.92. The maximum Gasteiger partial charge on any atom is 0.310 e. The highest BCUT2D eigenvalue weighted by molar-refractivity contribution is 5.94. The quantitative estimate of drug-likeness (QED) is 0.134. The summed E-state index contributed by atoms with van der Waals surface area (Å²) < 4.78 is 11.7. The highest BCUT2D eigenvalue weighted by Crippen LogP contribution is 2.31. The van der Waals surface area contributed by atoms with E-state index in [1.807, 2.05) is 48.6 Å². The molecule has 0 unspecified atom stereocenters. The van der Waals surface area contributed by atoms with Gasteiger partial charge in [0.1, 0.15) is 5.75 Å². The SMILES string of the molecule is CCC(CC)(CC(=O)Nc1cccc(/C=C/c2cccc(OCCCCCc3ccc(OCCC(C)C)cc3)n2)c1)C(=O)O. The molecule has 0 radical (unpaired) electrons. The van der Waals surface area contributed by atoms with E-state index in [4.69, 9.17) is 9.47 Å². The molecule has 1 aromatic heterocycles. The molecule has 2 N–H and O–H groups in total. The summed E-state index contributed by atoms with van der Waals surface area (Å²) in [4.78, 5) is 29.0. The van der Waals surface area contributed by atoms with Gasteiger partial charge in [0, 0.05) is 18.2 Å². The minimum absolute atomic E-state index is 0.0610. The minimum atomic E-state index is -1.05. The lowest BCUT2D eigenvalue weighted by atomic mass is 9.79. The summed E-state index contributed by atoms with van der Waals surface area (Å²) in [6.45, 7) is 9.39. The Morgan fingerprint density at radius 3 is 2.36 bits per heavy atom. The first kappa shape index (κ1) is 34.4. The Morgan fingerprint density at radius 2 is 1.66 bits per heavy atom. The molecular weight excluding hydrogens is 552 g/mol. The van der Waals surface area contributed by atoms with Crippen molar-refractivity contribution in [3.05, 3.63) is 83.6 Å². The topological polar surface area (TPSA) is 97.8 Å². The molecule has 0 aliphatic carbocycles. The Labute approximate surface area is 262 Å². The van der Waals surface area contributed by atoms with Gasteiger partial charge in [-0.1, -0.05) is 64.1 Å². The molecular formula is C37H48N2O5. The van der Waals surface area contributed by atoms with E-state index in [9.17, 15) is 14.7 Å². The first-order chi connectivity index (χ1) is 21.2. The van der Waals surface area contributed by atoms with Crippen molar-refractivity contribution in [2.75, 3.05) is 18.5 Å². The molecule has 2 aromatic carbocycles. The van der Waals surface area contributed by atoms with Crippen molar-refractivity contribution in [2.24, 2.45) is 11.3 Å². The lowest BCUT2D eigenvalue weighted by Crippen LogP contribution is -2.34. The number of hydrogen-bond acceptors (Lipinski definition) is 5. The number of aliphatic carboxylic acids is 1. The zero-order valence-corrected chi connectivity index (χ0v) is 26.7. The number of aromatic nitrogens is 1. The summed E-state index contributed by atoms with van der Waals surface area (Å²) in [6, 6.07) is 21.6. The number of carbonyl (C=O) groups is 2. The summed E-state index contributed by atoms with van der Waals surface area (Å²) in [6.07, 6.45) is 9.80. The van der Waals surface area contributed by atoms with Gasteiger partial charge in [0.05, 0.1) is 24.3 Å². The van der Waals surface area contributed by atoms with Crippen LogP contribution in [0, 0.1) is 11.3 Å². The number of aryl methyl sites for hydroxylation is 1. The summed E-state index contributed by atoms with van der Waals surface area (Å²) in [5.41, 5.74) is 2.56. The molecule has 3 aromatic rings. The van der Waals surface area contributed by atoms with Gasteiger partial charge in [-0.05, 0) is 98.4 Å². The van der Waals surface area contributed by atoms with Crippen molar-refractivity contribution in [1.82, 2.24) is 4.98 Å². The van der Waals surface area contributed by atoms with Gasteiger partial charge in [0.25, 0.3) is 0 Å². The Hall–Kier alpha value is -4.13. The number of ether oxygens (including phenoxy) is 2. The summed E-state index contributed by atoms with van der Waals surface area (Å²) >= 11 is 0. The van der Waals surface area contributed by atoms with Crippen molar-refractivity contribution in [3.63, 3.8) is 0 Å². The Bertz CT molecular complexity index is 1350. The van der Waals surface area contributed by atoms with Crippen LogP contribution in [-0.4, -0.2) is 35.2 Å². The summed E-state index contributed by atoms with van der Waals surface area (Å²) in [5, 5.41) is 12.5. The Balaban J connectivity index is 1.41. The van der Waals surface area contributed by atoms with Crippen molar-refractivity contribution in [1.29, 1.82) is 0 Å². The van der Waals surface area contributed by atoms with Crippen LogP contribution in [0.3, 0.4) is 0 Å². The third kappa shape index (κ3) is 11.5. The zero-order chi connectivity index (χ0) is 31.8. The van der Waals surface area contributed by atoms with E-state index in [2.05, 4.69) is 48.4 Å². The monoisotopic (exact) mass is 600 g/mol. The minimum Gasteiger partial charge on any atom is -0.494 e. The average Bonchev–Trinajstić information content (AvgIpc) is 3.01. The van der Waals surface area contributed by atoms with Gasteiger partial charge >= 0.3 is 5.97 Å². The number of nitrogens with one attached hydrogen (secondary N) is 1. The number of carboxylic acids is 1. The van der Waals surface area contributed by atoms with Gasteiger partial charge in [-0.15, -0.1) is 0 Å². The molecule has 236 valence electrons. The predicted molar refractivity (Wildman–Crippen MR) is 178 cm³/mol. The van der Waals surface area contributed by atoms with Crippen LogP contribution in [-0.2, 0) is 16.0 Å². The molecule has 0 saturated carbocycles. The van der Waals surface area contributed by atoms with Gasteiger partial charge < -0.3 is 19.9 Å². The van der Waals surface area contributed by atoms with Crippen LogP contribution in [0.15, 0.2) is 66.7 Å². The van der Waals surface area contributed by atoms with Crippen LogP contribution in [0.1, 0.15) is 89.5 Å². The fourth-order valence-corrected chi connectivity index (χ4v) is 4.85. The van der Waals surface area contributed by atoms with Gasteiger partial charge in [-0.25, -0.2) is 4.98 Å². The van der Waals surface area contributed by atoms with Gasteiger partial charge in [0.15, 0.2) is 0 Å². The fraction of sp³-hybridized carbons (Fsp3) is 0.432. The highest BCUT2D eigenvalue weighted by atomic mass is 16.5. The molecule has 3 rings (SSSR count). The Morgan fingerprint density at radius 1 is 0.909 bits per heavy atom. The summed E-state index contributed by atoms with van der Waals surface area (Å²) in [5.74, 6) is 0.938. The average molecular weight is 601 g/mol. The second kappa shape index (κ2) is 17.9. The second-order valence-electron chi connectivity index (χ2n) is 11.7. The molecule has 7 heteroatoms. The number of benzene rings is 2. The smallest absolute Gasteiger partial charge is 0.310 e. The Kier molecular flexibility index (Phi) is 13.9. The number of anilines is 1. The molecule has 44 heavy (non-hydrogen) atoms. The molecule has 1 heterocycles. The van der Waals surface area contributed by atoms with Crippen LogP contribution in [0.25, 0.3) is 12.2 Å². The van der Waals surface area contributed by atoms with Gasteiger partial charge in [-0.3, -0.25) is 9.59 Å². The van der Waals surface area contributed by atoms with Crippen LogP contribution in [0.5, 0.6) is 11.6 Å². The lowest BCUT2D eigenvalue weighted by Gasteiger charge is -2.25. The van der Waals surface area contributed by atoms with Crippen molar-refractivity contribution < 1.29 is 24.2 Å². The molecule has 0 spiro atoms. The largest absolute Gasteiger partial charge is 0.494 e. The first-order valence-electron chi connectivity index (χ1n) is 15.9. The molecule has 0 fully saturated rings. The van der Waals surface area contributed by atoms with E-state index in [1.54, 1.807) is 19.9 Å².